The van der Waals surface area contributed by atoms with Gasteiger partial charge in [-0.25, -0.2) is 0 Å². The highest BCUT2D eigenvalue weighted by atomic mass is 127. The summed E-state index contributed by atoms with van der Waals surface area (Å²) in [6.07, 6.45) is 2.30. The Hall–Kier alpha value is -1.35. The molecule has 6 nitrogen and oxygen atoms in total. The Bertz CT molecular complexity index is 646. The predicted molar refractivity (Wildman–Crippen MR) is 125 cm³/mol. The van der Waals surface area contributed by atoms with Crippen LogP contribution >= 0.6 is 24.0 Å². The van der Waals surface area contributed by atoms with Crippen molar-refractivity contribution in [2.24, 2.45) is 16.3 Å². The van der Waals surface area contributed by atoms with Crippen LogP contribution in [0.25, 0.3) is 0 Å². The molecule has 0 aliphatic carbocycles. The fourth-order valence-corrected chi connectivity index (χ4v) is 3.35. The average molecular weight is 502 g/mol. The number of ether oxygens (including phenoxy) is 1. The summed E-state index contributed by atoms with van der Waals surface area (Å²) < 4.78 is 6.09. The smallest absolute Gasteiger partial charge is 0.227 e. The van der Waals surface area contributed by atoms with E-state index in [1.807, 2.05) is 13.8 Å². The zero-order chi connectivity index (χ0) is 19.9. The summed E-state index contributed by atoms with van der Waals surface area (Å²) in [5.41, 5.74) is 1.98. The molecule has 0 aromatic heterocycles. The first kappa shape index (κ1) is 24.7. The Kier molecular flexibility index (Phi) is 10.2. The fraction of sp³-hybridized carbons (Fsp3) is 0.619. The first-order chi connectivity index (χ1) is 12.9. The van der Waals surface area contributed by atoms with E-state index in [1.165, 1.54) is 11.1 Å². The van der Waals surface area contributed by atoms with E-state index in [2.05, 4.69) is 52.1 Å². The van der Waals surface area contributed by atoms with E-state index in [1.54, 1.807) is 14.1 Å². The molecule has 2 unspecified atom stereocenters. The van der Waals surface area contributed by atoms with Gasteiger partial charge in [-0.05, 0) is 39.2 Å². The summed E-state index contributed by atoms with van der Waals surface area (Å²) in [5.74, 6) is 1.10. The molecule has 1 fully saturated rings. The number of nitrogens with one attached hydrogen (secondary N) is 3. The van der Waals surface area contributed by atoms with Crippen molar-refractivity contribution in [1.29, 1.82) is 0 Å². The highest BCUT2D eigenvalue weighted by molar-refractivity contribution is 14.0. The van der Waals surface area contributed by atoms with Gasteiger partial charge in [-0.15, -0.1) is 24.0 Å². The number of carbonyl (C=O) groups is 1. The molecule has 7 heteroatoms. The van der Waals surface area contributed by atoms with Gasteiger partial charge in [-0.3, -0.25) is 9.79 Å². The van der Waals surface area contributed by atoms with Crippen LogP contribution in [0, 0.1) is 18.3 Å². The fourth-order valence-electron chi connectivity index (χ4n) is 3.35. The van der Waals surface area contributed by atoms with Crippen molar-refractivity contribution in [3.8, 4) is 0 Å². The molecule has 0 saturated carbocycles. The molecule has 0 bridgehead atoms. The lowest BCUT2D eigenvalue weighted by atomic mass is 9.89. The first-order valence-electron chi connectivity index (χ1n) is 9.72. The van der Waals surface area contributed by atoms with Crippen LogP contribution in [-0.4, -0.2) is 45.7 Å². The van der Waals surface area contributed by atoms with Gasteiger partial charge in [0.1, 0.15) is 0 Å². The van der Waals surface area contributed by atoms with E-state index in [0.717, 1.165) is 26.0 Å². The minimum Gasteiger partial charge on any atom is -0.373 e. The molecule has 1 aliphatic rings. The minimum absolute atomic E-state index is 0. The topological polar surface area (TPSA) is 74.8 Å². The lowest BCUT2D eigenvalue weighted by Crippen LogP contribution is -2.48. The average Bonchev–Trinajstić information content (AvgIpc) is 2.68. The van der Waals surface area contributed by atoms with Gasteiger partial charge >= 0.3 is 0 Å². The molecule has 28 heavy (non-hydrogen) atoms. The quantitative estimate of drug-likeness (QED) is 0.318. The van der Waals surface area contributed by atoms with Crippen LogP contribution in [0.1, 0.15) is 43.9 Å². The third-order valence-corrected chi connectivity index (χ3v) is 5.15. The molecule has 2 rings (SSSR count). The number of hydrogen-bond donors (Lipinski definition) is 3. The molecule has 2 atom stereocenters. The van der Waals surface area contributed by atoms with Crippen molar-refractivity contribution in [2.45, 2.75) is 39.7 Å². The summed E-state index contributed by atoms with van der Waals surface area (Å²) in [7, 11) is 3.41. The summed E-state index contributed by atoms with van der Waals surface area (Å²) in [5, 5.41) is 9.37. The number of carbonyl (C=O) groups excluding carboxylic acids is 1. The Morgan fingerprint density at radius 1 is 1.25 bits per heavy atom. The normalized spacial score (nSPS) is 20.1. The predicted octanol–water partition coefficient (Wildman–Crippen LogP) is 3.02. The molecule has 1 aliphatic heterocycles. The van der Waals surface area contributed by atoms with Crippen LogP contribution < -0.4 is 16.0 Å². The van der Waals surface area contributed by atoms with Crippen LogP contribution in [0.3, 0.4) is 0 Å². The number of amides is 1. The molecule has 0 spiro atoms. The van der Waals surface area contributed by atoms with Crippen LogP contribution in [-0.2, 0) is 9.53 Å². The maximum atomic E-state index is 11.9. The molecule has 1 aromatic rings. The Morgan fingerprint density at radius 2 is 1.93 bits per heavy atom. The van der Waals surface area contributed by atoms with E-state index in [0.29, 0.717) is 18.4 Å². The second-order valence-corrected chi connectivity index (χ2v) is 7.87. The maximum Gasteiger partial charge on any atom is 0.227 e. The summed E-state index contributed by atoms with van der Waals surface area (Å²) in [6, 6.07) is 8.60. The van der Waals surface area contributed by atoms with E-state index < -0.39 is 5.41 Å². The standard InChI is InChI=1S/C21H34N4O2.HI/c1-15-8-10-16(11-9-15)18-17(7-6-12-27-18)13-24-20(23-5)25-14-21(2,3)19(26)22-4;/h8-11,17-18H,6-7,12-14H2,1-5H3,(H,22,26)(H2,23,24,25);1H. The highest BCUT2D eigenvalue weighted by Crippen LogP contribution is 2.33. The van der Waals surface area contributed by atoms with Crippen molar-refractivity contribution in [2.75, 3.05) is 33.8 Å². The Labute approximate surface area is 186 Å². The van der Waals surface area contributed by atoms with Gasteiger partial charge in [0, 0.05) is 39.7 Å². The van der Waals surface area contributed by atoms with Crippen LogP contribution in [0.4, 0.5) is 0 Å². The lowest BCUT2D eigenvalue weighted by Gasteiger charge is -2.33. The Balaban J connectivity index is 0.00000392. The van der Waals surface area contributed by atoms with Gasteiger partial charge in [0.2, 0.25) is 5.91 Å². The van der Waals surface area contributed by atoms with E-state index in [4.69, 9.17) is 4.74 Å². The van der Waals surface area contributed by atoms with Gasteiger partial charge in [-0.2, -0.15) is 0 Å². The van der Waals surface area contributed by atoms with Gasteiger partial charge in [0.05, 0.1) is 11.5 Å². The van der Waals surface area contributed by atoms with Gasteiger partial charge < -0.3 is 20.7 Å². The van der Waals surface area contributed by atoms with E-state index in [-0.39, 0.29) is 36.0 Å². The van der Waals surface area contributed by atoms with Crippen molar-refractivity contribution in [3.63, 3.8) is 0 Å². The summed E-state index contributed by atoms with van der Waals surface area (Å²) in [4.78, 5) is 16.2. The third kappa shape index (κ3) is 6.92. The van der Waals surface area contributed by atoms with Crippen LogP contribution in [0.15, 0.2) is 29.3 Å². The van der Waals surface area contributed by atoms with Crippen molar-refractivity contribution in [1.82, 2.24) is 16.0 Å². The summed E-state index contributed by atoms with van der Waals surface area (Å²) in [6.45, 7) is 8.01. The second kappa shape index (κ2) is 11.6. The molecule has 1 aromatic carbocycles. The number of rotatable bonds is 6. The van der Waals surface area contributed by atoms with Gasteiger partial charge in [0.15, 0.2) is 5.96 Å². The molecule has 158 valence electrons. The third-order valence-electron chi connectivity index (χ3n) is 5.15. The molecular weight excluding hydrogens is 467 g/mol. The van der Waals surface area contributed by atoms with Crippen molar-refractivity contribution >= 4 is 35.8 Å². The molecule has 3 N–H and O–H groups in total. The van der Waals surface area contributed by atoms with E-state index >= 15 is 0 Å². The van der Waals surface area contributed by atoms with Crippen LogP contribution in [0.5, 0.6) is 0 Å². The molecule has 1 heterocycles. The molecule has 1 amide bonds. The second-order valence-electron chi connectivity index (χ2n) is 7.87. The number of nitrogens with zero attached hydrogens (tertiary/aromatic N) is 1. The maximum absolute atomic E-state index is 11.9. The number of guanidine groups is 1. The van der Waals surface area contributed by atoms with Gasteiger partial charge in [0.25, 0.3) is 0 Å². The number of aryl methyl sites for hydroxylation is 1. The number of benzene rings is 1. The van der Waals surface area contributed by atoms with Crippen molar-refractivity contribution < 1.29 is 9.53 Å². The van der Waals surface area contributed by atoms with Crippen molar-refractivity contribution in [3.05, 3.63) is 35.4 Å². The number of aliphatic imine (C=N–C) groups is 1. The largest absolute Gasteiger partial charge is 0.373 e. The van der Waals surface area contributed by atoms with Gasteiger partial charge in [-0.1, -0.05) is 29.8 Å². The zero-order valence-corrected chi connectivity index (χ0v) is 20.0. The molecule has 0 radical (unpaired) electrons. The lowest BCUT2D eigenvalue weighted by molar-refractivity contribution is -0.128. The summed E-state index contributed by atoms with van der Waals surface area (Å²) >= 11 is 0. The Morgan fingerprint density at radius 3 is 2.54 bits per heavy atom. The number of hydrogen-bond acceptors (Lipinski definition) is 3. The molecule has 1 saturated heterocycles. The number of halogens is 1. The van der Waals surface area contributed by atoms with E-state index in [9.17, 15) is 4.79 Å². The molecular formula is C21H35IN4O2. The van der Waals surface area contributed by atoms with Crippen LogP contribution in [0.2, 0.25) is 0 Å². The highest BCUT2D eigenvalue weighted by Gasteiger charge is 2.29. The first-order valence-corrected chi connectivity index (χ1v) is 9.72. The SMILES string of the molecule is CN=C(NCC1CCCOC1c1ccc(C)cc1)NCC(C)(C)C(=O)NC.I. The minimum atomic E-state index is -0.509. The monoisotopic (exact) mass is 502 g/mol. The zero-order valence-electron chi connectivity index (χ0n) is 17.7.